The number of benzene rings is 1. The van der Waals surface area contributed by atoms with Gasteiger partial charge in [-0.2, -0.15) is 0 Å². The fraction of sp³-hybridized carbons (Fsp3) is 0.590. The van der Waals surface area contributed by atoms with E-state index in [0.717, 1.165) is 57.8 Å². The van der Waals surface area contributed by atoms with E-state index in [0.29, 0.717) is 35.1 Å². The summed E-state index contributed by atoms with van der Waals surface area (Å²) in [6, 6.07) is 4.24. The van der Waals surface area contributed by atoms with Crippen molar-refractivity contribution < 1.29 is 23.8 Å². The van der Waals surface area contributed by atoms with Crippen molar-refractivity contribution in [3.63, 3.8) is 0 Å². The molecular weight excluding hydrogens is 629 g/mol. The number of aliphatic hydroxyl groups is 1. The van der Waals surface area contributed by atoms with Crippen molar-refractivity contribution in [3.05, 3.63) is 75.9 Å². The maximum absolute atomic E-state index is 13.4. The van der Waals surface area contributed by atoms with Crippen LogP contribution in [0.3, 0.4) is 0 Å². The molecule has 4 atom stereocenters. The standard InChI is InChI=1S/C39H53ClFN3O4/c1-26(13-9-15-28(3)36(46)48-25-29-24-44(43-42-29)30-17-18-32(41)31(40)23-30)11-8-12-27(2)14-10-16-34-38(6)21-20-35(45)37(4,5)33(38)19-22-39(34,7)47/h11,14-15,17-18,23-24,33-34,47H,8-10,12-13,16,19-22,25H2,1-7H3/b26-11+,27-14+,28-15+/t33-,34-,38+,39-/m1/s1. The Morgan fingerprint density at radius 3 is 2.42 bits per heavy atom. The van der Waals surface area contributed by atoms with E-state index in [1.54, 1.807) is 13.1 Å². The molecule has 0 radical (unpaired) electrons. The van der Waals surface area contributed by atoms with Crippen molar-refractivity contribution in [3.8, 4) is 5.69 Å². The zero-order valence-electron chi connectivity index (χ0n) is 29.7. The molecule has 1 N–H and O–H groups in total. The second-order valence-electron chi connectivity index (χ2n) is 15.1. The third-order valence-electron chi connectivity index (χ3n) is 11.1. The van der Waals surface area contributed by atoms with Gasteiger partial charge in [0, 0.05) is 17.4 Å². The predicted molar refractivity (Wildman–Crippen MR) is 188 cm³/mol. The maximum atomic E-state index is 13.4. The first-order chi connectivity index (χ1) is 22.5. The molecule has 262 valence electrons. The summed E-state index contributed by atoms with van der Waals surface area (Å²) in [6.45, 7) is 14.6. The zero-order valence-corrected chi connectivity index (χ0v) is 30.5. The quantitative estimate of drug-likeness (QED) is 0.129. The summed E-state index contributed by atoms with van der Waals surface area (Å²) in [5.74, 6) is -0.0376. The number of carbonyl (C=O) groups is 2. The number of esters is 1. The summed E-state index contributed by atoms with van der Waals surface area (Å²) in [4.78, 5) is 25.3. The summed E-state index contributed by atoms with van der Waals surface area (Å²) in [7, 11) is 0. The van der Waals surface area contributed by atoms with E-state index in [-0.39, 0.29) is 28.4 Å². The minimum Gasteiger partial charge on any atom is -0.456 e. The van der Waals surface area contributed by atoms with Crippen molar-refractivity contribution in [2.45, 2.75) is 125 Å². The molecule has 0 spiro atoms. The molecule has 9 heteroatoms. The summed E-state index contributed by atoms with van der Waals surface area (Å²) in [5.41, 5.74) is 3.17. The van der Waals surface area contributed by atoms with Gasteiger partial charge < -0.3 is 9.84 Å². The first-order valence-corrected chi connectivity index (χ1v) is 17.7. The van der Waals surface area contributed by atoms with Crippen molar-refractivity contribution in [1.29, 1.82) is 0 Å². The number of hydrogen-bond donors (Lipinski definition) is 1. The van der Waals surface area contributed by atoms with Crippen LogP contribution < -0.4 is 0 Å². The first kappa shape index (κ1) is 37.7. The van der Waals surface area contributed by atoms with Crippen molar-refractivity contribution in [2.24, 2.45) is 22.7 Å². The molecule has 0 saturated heterocycles. The molecule has 0 unspecified atom stereocenters. The molecule has 1 heterocycles. The molecule has 7 nitrogen and oxygen atoms in total. The lowest BCUT2D eigenvalue weighted by Crippen LogP contribution is -2.59. The highest BCUT2D eigenvalue weighted by Gasteiger charge is 2.59. The third-order valence-corrected chi connectivity index (χ3v) is 11.4. The van der Waals surface area contributed by atoms with Crippen LogP contribution in [0.2, 0.25) is 5.02 Å². The Hall–Kier alpha value is -3.10. The largest absolute Gasteiger partial charge is 0.456 e. The summed E-state index contributed by atoms with van der Waals surface area (Å²) in [5, 5.41) is 19.4. The highest BCUT2D eigenvalue weighted by Crippen LogP contribution is 2.62. The highest BCUT2D eigenvalue weighted by atomic mass is 35.5. The number of Topliss-reactive ketones (excluding diaryl/α,β-unsaturated/α-hetero) is 1. The number of halogens is 2. The van der Waals surface area contributed by atoms with Crippen LogP contribution in [0.5, 0.6) is 0 Å². The van der Waals surface area contributed by atoms with Gasteiger partial charge in [0.25, 0.3) is 0 Å². The monoisotopic (exact) mass is 681 g/mol. The van der Waals surface area contributed by atoms with Gasteiger partial charge in [-0.05, 0) is 121 Å². The van der Waals surface area contributed by atoms with Crippen molar-refractivity contribution >= 4 is 23.4 Å². The maximum Gasteiger partial charge on any atom is 0.333 e. The number of nitrogens with zero attached hydrogens (tertiary/aromatic N) is 3. The van der Waals surface area contributed by atoms with E-state index in [1.807, 2.05) is 13.0 Å². The third kappa shape index (κ3) is 8.92. The van der Waals surface area contributed by atoms with E-state index >= 15 is 0 Å². The number of fused-ring (bicyclic) bond motifs is 1. The summed E-state index contributed by atoms with van der Waals surface area (Å²) >= 11 is 5.85. The Labute approximate surface area is 290 Å². The van der Waals surface area contributed by atoms with Gasteiger partial charge in [0.1, 0.15) is 23.9 Å². The van der Waals surface area contributed by atoms with Gasteiger partial charge in [0.2, 0.25) is 0 Å². The lowest BCUT2D eigenvalue weighted by Gasteiger charge is -2.60. The molecule has 2 aliphatic rings. The summed E-state index contributed by atoms with van der Waals surface area (Å²) < 4.78 is 20.3. The zero-order chi connectivity index (χ0) is 35.3. The van der Waals surface area contributed by atoms with E-state index in [9.17, 15) is 19.1 Å². The molecule has 0 aliphatic heterocycles. The highest BCUT2D eigenvalue weighted by molar-refractivity contribution is 6.30. The lowest BCUT2D eigenvalue weighted by molar-refractivity contribution is -0.177. The van der Waals surface area contributed by atoms with Gasteiger partial charge in [-0.1, -0.05) is 67.0 Å². The van der Waals surface area contributed by atoms with E-state index in [1.165, 1.54) is 34.0 Å². The topological polar surface area (TPSA) is 94.3 Å². The van der Waals surface area contributed by atoms with Gasteiger partial charge >= 0.3 is 5.97 Å². The Bertz CT molecular complexity index is 1570. The van der Waals surface area contributed by atoms with Gasteiger partial charge in [-0.3, -0.25) is 4.79 Å². The Morgan fingerprint density at radius 2 is 1.73 bits per heavy atom. The van der Waals surface area contributed by atoms with Crippen LogP contribution in [0.25, 0.3) is 5.69 Å². The van der Waals surface area contributed by atoms with Crippen LogP contribution in [0.15, 0.2) is 59.3 Å². The number of allylic oxidation sites excluding steroid dienone is 5. The SMILES string of the molecule is C/C(=C\CC/C(C)=C/CC[C@@H]1[C@@]2(C)CCC(=O)C(C)(C)[C@H]2CC[C@@]1(C)O)CC/C=C(\C)C(=O)OCc1cn(-c2ccc(F)c(Cl)c2)nn1. The van der Waals surface area contributed by atoms with Crippen LogP contribution >= 0.6 is 11.6 Å². The molecule has 1 aromatic heterocycles. The van der Waals surface area contributed by atoms with Gasteiger partial charge in [-0.15, -0.1) is 5.10 Å². The fourth-order valence-corrected chi connectivity index (χ4v) is 8.36. The number of rotatable bonds is 13. The van der Waals surface area contributed by atoms with Gasteiger partial charge in [0.15, 0.2) is 0 Å². The molecule has 2 aliphatic carbocycles. The second kappa shape index (κ2) is 15.6. The minimum atomic E-state index is -0.698. The number of ketones is 1. The van der Waals surface area contributed by atoms with Crippen LogP contribution in [-0.4, -0.2) is 37.5 Å². The number of aromatic nitrogens is 3. The van der Waals surface area contributed by atoms with Crippen LogP contribution in [0, 0.1) is 28.5 Å². The first-order valence-electron chi connectivity index (χ1n) is 17.3. The Balaban J connectivity index is 1.18. The molecule has 4 rings (SSSR count). The van der Waals surface area contributed by atoms with E-state index in [2.05, 4.69) is 57.1 Å². The summed E-state index contributed by atoms with van der Waals surface area (Å²) in [6.07, 6.45) is 16.7. The molecule has 2 saturated carbocycles. The second-order valence-corrected chi connectivity index (χ2v) is 15.5. The van der Waals surface area contributed by atoms with Crippen LogP contribution in [-0.2, 0) is 20.9 Å². The molecule has 1 aromatic carbocycles. The van der Waals surface area contributed by atoms with Gasteiger partial charge in [-0.25, -0.2) is 13.9 Å². The Kier molecular flexibility index (Phi) is 12.3. The van der Waals surface area contributed by atoms with E-state index < -0.39 is 17.4 Å². The van der Waals surface area contributed by atoms with Crippen LogP contribution in [0.1, 0.15) is 118 Å². The molecule has 48 heavy (non-hydrogen) atoms. The van der Waals surface area contributed by atoms with Crippen molar-refractivity contribution in [1.82, 2.24) is 15.0 Å². The molecule has 2 fully saturated rings. The number of hydrogen-bond acceptors (Lipinski definition) is 6. The molecule has 0 bridgehead atoms. The van der Waals surface area contributed by atoms with Gasteiger partial charge in [0.05, 0.1) is 22.5 Å². The average Bonchev–Trinajstić information content (AvgIpc) is 3.49. The molecular formula is C39H53ClFN3O4. The fourth-order valence-electron chi connectivity index (χ4n) is 8.19. The van der Waals surface area contributed by atoms with Crippen LogP contribution in [0.4, 0.5) is 4.39 Å². The average molecular weight is 682 g/mol. The van der Waals surface area contributed by atoms with E-state index in [4.69, 9.17) is 16.3 Å². The molecule has 0 amide bonds. The Morgan fingerprint density at radius 1 is 1.06 bits per heavy atom. The predicted octanol–water partition coefficient (Wildman–Crippen LogP) is 9.46. The number of ether oxygens (including phenoxy) is 1. The van der Waals surface area contributed by atoms with Crippen molar-refractivity contribution in [2.75, 3.05) is 0 Å². The lowest BCUT2D eigenvalue weighted by atomic mass is 9.45. The minimum absolute atomic E-state index is 0.0110. The number of carbonyl (C=O) groups excluding carboxylic acids is 2. The normalized spacial score (nSPS) is 26.4. The smallest absolute Gasteiger partial charge is 0.333 e. The molecule has 2 aromatic rings.